The topological polar surface area (TPSA) is 78.9 Å². The average Bonchev–Trinajstić information content (AvgIpc) is 2.33. The van der Waals surface area contributed by atoms with E-state index in [1.165, 1.54) is 0 Å². The van der Waals surface area contributed by atoms with Gasteiger partial charge in [0.05, 0.1) is 11.6 Å². The third-order valence-corrected chi connectivity index (χ3v) is 3.23. The summed E-state index contributed by atoms with van der Waals surface area (Å²) in [4.78, 5) is 11.8. The molecule has 0 aliphatic heterocycles. The van der Waals surface area contributed by atoms with Crippen LogP contribution in [0.2, 0.25) is 0 Å². The number of nitrogens with zero attached hydrogens (tertiary/aromatic N) is 1. The van der Waals surface area contributed by atoms with Crippen molar-refractivity contribution in [2.75, 3.05) is 6.54 Å². The summed E-state index contributed by atoms with van der Waals surface area (Å²) in [6, 6.07) is 8.59. The fourth-order valence-electron chi connectivity index (χ4n) is 1.86. The van der Waals surface area contributed by atoms with Crippen LogP contribution in [0.4, 0.5) is 0 Å². The van der Waals surface area contributed by atoms with Crippen molar-refractivity contribution in [3.05, 3.63) is 35.4 Å². The lowest BCUT2D eigenvalue weighted by Gasteiger charge is -2.38. The summed E-state index contributed by atoms with van der Waals surface area (Å²) >= 11 is 0. The van der Waals surface area contributed by atoms with Gasteiger partial charge in [0, 0.05) is 17.6 Å². The number of benzene rings is 1. The number of nitriles is 1. The van der Waals surface area contributed by atoms with E-state index in [1.54, 1.807) is 24.3 Å². The molecule has 4 nitrogen and oxygen atoms in total. The van der Waals surface area contributed by atoms with Crippen molar-refractivity contribution in [1.29, 1.82) is 5.26 Å². The Bertz CT molecular complexity index is 455. The molecular formula is C13H15N3O. The van der Waals surface area contributed by atoms with Gasteiger partial charge in [-0.1, -0.05) is 0 Å². The third kappa shape index (κ3) is 2.63. The highest BCUT2D eigenvalue weighted by atomic mass is 16.1. The van der Waals surface area contributed by atoms with Gasteiger partial charge < -0.3 is 11.1 Å². The van der Waals surface area contributed by atoms with E-state index in [9.17, 15) is 4.79 Å². The Morgan fingerprint density at radius 2 is 2.06 bits per heavy atom. The molecule has 88 valence electrons. The molecule has 1 aromatic rings. The predicted octanol–water partition coefficient (Wildman–Crippen LogP) is 1.17. The molecule has 1 saturated carbocycles. The maximum absolute atomic E-state index is 11.8. The normalized spacial score (nSPS) is 16.7. The van der Waals surface area contributed by atoms with Gasteiger partial charge in [-0.3, -0.25) is 4.79 Å². The molecule has 1 fully saturated rings. The highest BCUT2D eigenvalue weighted by Gasteiger charge is 2.32. The van der Waals surface area contributed by atoms with Gasteiger partial charge in [-0.05, 0) is 43.5 Å². The fourth-order valence-corrected chi connectivity index (χ4v) is 1.86. The van der Waals surface area contributed by atoms with Crippen LogP contribution in [0, 0.1) is 11.3 Å². The molecule has 0 aromatic heterocycles. The number of carbonyl (C=O) groups is 1. The van der Waals surface area contributed by atoms with Crippen molar-refractivity contribution >= 4 is 5.91 Å². The first-order valence-electron chi connectivity index (χ1n) is 5.70. The third-order valence-electron chi connectivity index (χ3n) is 3.23. The van der Waals surface area contributed by atoms with Gasteiger partial charge >= 0.3 is 0 Å². The standard InChI is InChI=1S/C13H15N3O/c14-8-10-2-4-11(5-3-10)12(17)16-9-13(15)6-1-7-13/h2-5H,1,6-7,9,15H2,(H,16,17). The van der Waals surface area contributed by atoms with Crippen molar-refractivity contribution in [2.24, 2.45) is 5.73 Å². The molecule has 1 aliphatic carbocycles. The van der Waals surface area contributed by atoms with Crippen molar-refractivity contribution in [2.45, 2.75) is 24.8 Å². The van der Waals surface area contributed by atoms with Gasteiger partial charge in [-0.25, -0.2) is 0 Å². The Balaban J connectivity index is 1.93. The summed E-state index contributed by atoms with van der Waals surface area (Å²) in [7, 11) is 0. The molecular weight excluding hydrogens is 214 g/mol. The molecule has 0 radical (unpaired) electrons. The summed E-state index contributed by atoms with van der Waals surface area (Å²) in [6.45, 7) is 0.520. The molecule has 2 rings (SSSR count). The number of nitrogens with one attached hydrogen (secondary N) is 1. The van der Waals surface area contributed by atoms with E-state index in [0.29, 0.717) is 17.7 Å². The minimum atomic E-state index is -0.206. The van der Waals surface area contributed by atoms with Crippen LogP contribution in [0.1, 0.15) is 35.2 Å². The van der Waals surface area contributed by atoms with Gasteiger partial charge in [0.15, 0.2) is 0 Å². The lowest BCUT2D eigenvalue weighted by Crippen LogP contribution is -2.54. The van der Waals surface area contributed by atoms with Crippen molar-refractivity contribution in [1.82, 2.24) is 5.32 Å². The first-order valence-corrected chi connectivity index (χ1v) is 5.70. The first kappa shape index (κ1) is 11.6. The number of carbonyl (C=O) groups excluding carboxylic acids is 1. The number of hydrogen-bond donors (Lipinski definition) is 2. The van der Waals surface area contributed by atoms with Crippen LogP contribution >= 0.6 is 0 Å². The van der Waals surface area contributed by atoms with E-state index in [2.05, 4.69) is 5.32 Å². The minimum absolute atomic E-state index is 0.133. The second-order valence-corrected chi connectivity index (χ2v) is 4.59. The minimum Gasteiger partial charge on any atom is -0.350 e. The average molecular weight is 229 g/mol. The van der Waals surface area contributed by atoms with Crippen LogP contribution in [0.15, 0.2) is 24.3 Å². The van der Waals surface area contributed by atoms with E-state index in [0.717, 1.165) is 19.3 Å². The summed E-state index contributed by atoms with van der Waals surface area (Å²) in [5.41, 5.74) is 6.92. The Morgan fingerprint density at radius 3 is 2.53 bits per heavy atom. The summed E-state index contributed by atoms with van der Waals surface area (Å²) < 4.78 is 0. The van der Waals surface area contributed by atoms with Gasteiger partial charge in [-0.15, -0.1) is 0 Å². The van der Waals surface area contributed by atoms with Gasteiger partial charge in [0.2, 0.25) is 0 Å². The second-order valence-electron chi connectivity index (χ2n) is 4.59. The Labute approximate surface area is 100 Å². The monoisotopic (exact) mass is 229 g/mol. The summed E-state index contributed by atoms with van der Waals surface area (Å²) in [5.74, 6) is -0.133. The van der Waals surface area contributed by atoms with Crippen LogP contribution in [0.3, 0.4) is 0 Å². The van der Waals surface area contributed by atoms with E-state index in [4.69, 9.17) is 11.0 Å². The first-order chi connectivity index (χ1) is 8.13. The van der Waals surface area contributed by atoms with Crippen LogP contribution in [0.25, 0.3) is 0 Å². The van der Waals surface area contributed by atoms with Gasteiger partial charge in [-0.2, -0.15) is 5.26 Å². The molecule has 0 spiro atoms. The second kappa shape index (κ2) is 4.56. The van der Waals surface area contributed by atoms with E-state index in [-0.39, 0.29) is 11.4 Å². The van der Waals surface area contributed by atoms with Crippen LogP contribution in [-0.4, -0.2) is 18.0 Å². The molecule has 17 heavy (non-hydrogen) atoms. The molecule has 0 heterocycles. The predicted molar refractivity (Wildman–Crippen MR) is 64.3 cm³/mol. The summed E-state index contributed by atoms with van der Waals surface area (Å²) in [5, 5.41) is 11.5. The zero-order valence-corrected chi connectivity index (χ0v) is 9.57. The quantitative estimate of drug-likeness (QED) is 0.816. The van der Waals surface area contributed by atoms with E-state index < -0.39 is 0 Å². The summed E-state index contributed by atoms with van der Waals surface area (Å²) in [6.07, 6.45) is 3.09. The van der Waals surface area contributed by atoms with Gasteiger partial charge in [0.25, 0.3) is 5.91 Å². The molecule has 0 unspecified atom stereocenters. The maximum Gasteiger partial charge on any atom is 0.251 e. The van der Waals surface area contributed by atoms with Crippen LogP contribution < -0.4 is 11.1 Å². The molecule has 0 atom stereocenters. The van der Waals surface area contributed by atoms with E-state index >= 15 is 0 Å². The number of hydrogen-bond acceptors (Lipinski definition) is 3. The maximum atomic E-state index is 11.8. The highest BCUT2D eigenvalue weighted by molar-refractivity contribution is 5.94. The fraction of sp³-hybridized carbons (Fsp3) is 0.385. The van der Waals surface area contributed by atoms with E-state index in [1.807, 2.05) is 6.07 Å². The zero-order chi connectivity index (χ0) is 12.3. The SMILES string of the molecule is N#Cc1ccc(C(=O)NCC2(N)CCC2)cc1. The zero-order valence-electron chi connectivity index (χ0n) is 9.57. The Morgan fingerprint density at radius 1 is 1.41 bits per heavy atom. The number of nitrogens with two attached hydrogens (primary N) is 1. The van der Waals surface area contributed by atoms with Crippen LogP contribution in [0.5, 0.6) is 0 Å². The molecule has 0 saturated heterocycles. The smallest absolute Gasteiger partial charge is 0.251 e. The molecule has 1 aromatic carbocycles. The molecule has 0 bridgehead atoms. The number of amides is 1. The lowest BCUT2D eigenvalue weighted by molar-refractivity contribution is 0.0930. The van der Waals surface area contributed by atoms with Crippen molar-refractivity contribution in [3.63, 3.8) is 0 Å². The van der Waals surface area contributed by atoms with Gasteiger partial charge in [0.1, 0.15) is 0 Å². The number of rotatable bonds is 3. The molecule has 4 heteroatoms. The van der Waals surface area contributed by atoms with Crippen molar-refractivity contribution < 1.29 is 4.79 Å². The highest BCUT2D eigenvalue weighted by Crippen LogP contribution is 2.28. The molecule has 1 amide bonds. The van der Waals surface area contributed by atoms with Crippen LogP contribution in [-0.2, 0) is 0 Å². The Hall–Kier alpha value is -1.86. The lowest BCUT2D eigenvalue weighted by atomic mass is 9.78. The largest absolute Gasteiger partial charge is 0.350 e. The Kier molecular flexibility index (Phi) is 3.12. The van der Waals surface area contributed by atoms with Crippen molar-refractivity contribution in [3.8, 4) is 6.07 Å². The molecule has 1 aliphatic rings. The molecule has 3 N–H and O–H groups in total.